The van der Waals surface area contributed by atoms with E-state index in [1.165, 1.54) is 6.07 Å². The Morgan fingerprint density at radius 1 is 1.14 bits per heavy atom. The first-order chi connectivity index (χ1) is 13.2. The number of piperazine rings is 1. The molecule has 5 nitrogen and oxygen atoms in total. The van der Waals surface area contributed by atoms with Crippen LogP contribution in [0.25, 0.3) is 0 Å². The van der Waals surface area contributed by atoms with Crippen LogP contribution in [0.4, 0.5) is 4.39 Å². The van der Waals surface area contributed by atoms with Gasteiger partial charge in [0.2, 0.25) is 0 Å². The van der Waals surface area contributed by atoms with E-state index in [1.807, 2.05) is 27.8 Å². The average molecular weight is 387 g/mol. The average Bonchev–Trinajstić information content (AvgIpc) is 3.10. The zero-order valence-electron chi connectivity index (χ0n) is 17.6. The molecule has 0 radical (unpaired) electrons. The summed E-state index contributed by atoms with van der Waals surface area (Å²) >= 11 is 0. The van der Waals surface area contributed by atoms with E-state index in [2.05, 4.69) is 44.6 Å². The predicted octanol–water partition coefficient (Wildman–Crippen LogP) is 3.86. The van der Waals surface area contributed by atoms with Crippen molar-refractivity contribution in [3.05, 3.63) is 53.1 Å². The van der Waals surface area contributed by atoms with Gasteiger partial charge in [0, 0.05) is 44.0 Å². The molecule has 1 amide bonds. The number of carbonyl (C=O) groups is 1. The number of rotatable bonds is 4. The number of hydrogen-bond donors (Lipinski definition) is 0. The molecule has 1 saturated heterocycles. The second-order valence-corrected chi connectivity index (χ2v) is 8.85. The number of amides is 1. The van der Waals surface area contributed by atoms with Crippen molar-refractivity contribution in [3.63, 3.8) is 0 Å². The maximum atomic E-state index is 13.9. The topological polar surface area (TPSA) is 41.4 Å². The highest BCUT2D eigenvalue weighted by molar-refractivity contribution is 5.92. The Hall–Kier alpha value is -2.21. The van der Waals surface area contributed by atoms with E-state index in [0.717, 1.165) is 18.8 Å². The van der Waals surface area contributed by atoms with E-state index in [1.54, 1.807) is 6.07 Å². The highest BCUT2D eigenvalue weighted by Gasteiger charge is 2.28. The number of nitrogens with zero attached hydrogens (tertiary/aromatic N) is 4. The Morgan fingerprint density at radius 2 is 1.79 bits per heavy atom. The van der Waals surface area contributed by atoms with Crippen LogP contribution in [0.2, 0.25) is 0 Å². The first-order valence-corrected chi connectivity index (χ1v) is 10.0. The van der Waals surface area contributed by atoms with Crippen molar-refractivity contribution < 1.29 is 9.18 Å². The zero-order valence-corrected chi connectivity index (χ0v) is 17.6. The van der Waals surface area contributed by atoms with Gasteiger partial charge in [0.1, 0.15) is 5.82 Å². The van der Waals surface area contributed by atoms with Gasteiger partial charge in [-0.25, -0.2) is 4.39 Å². The van der Waals surface area contributed by atoms with Crippen LogP contribution in [-0.4, -0.2) is 51.7 Å². The van der Waals surface area contributed by atoms with Crippen molar-refractivity contribution in [2.45, 2.75) is 52.6 Å². The maximum Gasteiger partial charge on any atom is 0.274 e. The number of carbonyl (C=O) groups excluding carboxylic acids is 1. The van der Waals surface area contributed by atoms with E-state index >= 15 is 0 Å². The van der Waals surface area contributed by atoms with Crippen LogP contribution in [0.5, 0.6) is 0 Å². The monoisotopic (exact) mass is 386 g/mol. The smallest absolute Gasteiger partial charge is 0.274 e. The molecule has 0 spiro atoms. The van der Waals surface area contributed by atoms with E-state index in [4.69, 9.17) is 0 Å². The Balaban J connectivity index is 1.66. The molecule has 28 heavy (non-hydrogen) atoms. The number of hydrogen-bond acceptors (Lipinski definition) is 3. The normalized spacial score (nSPS) is 16.0. The quantitative estimate of drug-likeness (QED) is 0.801. The van der Waals surface area contributed by atoms with Crippen LogP contribution < -0.4 is 0 Å². The van der Waals surface area contributed by atoms with Gasteiger partial charge in [-0.1, -0.05) is 32.0 Å². The number of aromatic nitrogens is 2. The lowest BCUT2D eigenvalue weighted by Gasteiger charge is -2.34. The highest BCUT2D eigenvalue weighted by atomic mass is 19.1. The molecular weight excluding hydrogens is 355 g/mol. The van der Waals surface area contributed by atoms with Crippen molar-refractivity contribution in [3.8, 4) is 0 Å². The standard InChI is InChI=1S/C22H31FN4O/c1-16(2)20-14-19(24-27(20)22(3,4)5)21(28)26-12-10-25(11-13-26)15-17-8-6-7-9-18(17)23/h6-9,14,16H,10-13,15H2,1-5H3. The maximum absolute atomic E-state index is 13.9. The summed E-state index contributed by atoms with van der Waals surface area (Å²) in [5, 5.41) is 4.64. The predicted molar refractivity (Wildman–Crippen MR) is 109 cm³/mol. The molecule has 1 fully saturated rings. The summed E-state index contributed by atoms with van der Waals surface area (Å²) in [6, 6.07) is 8.81. The van der Waals surface area contributed by atoms with Crippen LogP contribution in [-0.2, 0) is 12.1 Å². The van der Waals surface area contributed by atoms with Gasteiger partial charge in [-0.15, -0.1) is 0 Å². The van der Waals surface area contributed by atoms with Gasteiger partial charge < -0.3 is 4.90 Å². The van der Waals surface area contributed by atoms with Crippen LogP contribution in [0.1, 0.15) is 62.3 Å². The van der Waals surface area contributed by atoms with Gasteiger partial charge in [0.25, 0.3) is 5.91 Å². The molecule has 1 aromatic heterocycles. The Labute approximate surface area is 167 Å². The molecule has 1 aliphatic rings. The summed E-state index contributed by atoms with van der Waals surface area (Å²) in [7, 11) is 0. The van der Waals surface area contributed by atoms with Gasteiger partial charge >= 0.3 is 0 Å². The number of halogens is 1. The largest absolute Gasteiger partial charge is 0.335 e. The molecule has 1 aliphatic heterocycles. The lowest BCUT2D eigenvalue weighted by atomic mass is 10.1. The van der Waals surface area contributed by atoms with E-state index in [9.17, 15) is 9.18 Å². The third-order valence-electron chi connectivity index (χ3n) is 5.19. The van der Waals surface area contributed by atoms with Gasteiger partial charge in [-0.2, -0.15) is 5.10 Å². The van der Waals surface area contributed by atoms with Gasteiger partial charge in [-0.05, 0) is 38.8 Å². The van der Waals surface area contributed by atoms with Gasteiger partial charge in [-0.3, -0.25) is 14.4 Å². The molecule has 6 heteroatoms. The first-order valence-electron chi connectivity index (χ1n) is 10.0. The minimum atomic E-state index is -0.171. The van der Waals surface area contributed by atoms with Crippen LogP contribution in [0.15, 0.2) is 30.3 Å². The summed E-state index contributed by atoms with van der Waals surface area (Å²) < 4.78 is 15.8. The SMILES string of the molecule is CC(C)c1cc(C(=O)N2CCN(Cc3ccccc3F)CC2)nn1C(C)(C)C. The Bertz CT molecular complexity index is 829. The Morgan fingerprint density at radius 3 is 2.32 bits per heavy atom. The lowest BCUT2D eigenvalue weighted by molar-refractivity contribution is 0.0619. The minimum absolute atomic E-state index is 0.0181. The number of benzene rings is 1. The van der Waals surface area contributed by atoms with Crippen LogP contribution >= 0.6 is 0 Å². The summed E-state index contributed by atoms with van der Waals surface area (Å²) in [5.74, 6) is 0.108. The molecule has 1 aromatic carbocycles. The second kappa shape index (κ2) is 8.03. The summed E-state index contributed by atoms with van der Waals surface area (Å²) in [5.41, 5.74) is 2.12. The molecule has 0 aliphatic carbocycles. The Kier molecular flexibility index (Phi) is 5.89. The molecule has 0 atom stereocenters. The van der Waals surface area contributed by atoms with E-state index < -0.39 is 0 Å². The van der Waals surface area contributed by atoms with Crippen molar-refractivity contribution in [2.24, 2.45) is 0 Å². The molecule has 152 valence electrons. The molecule has 0 N–H and O–H groups in total. The van der Waals surface area contributed by atoms with Crippen molar-refractivity contribution >= 4 is 5.91 Å². The summed E-state index contributed by atoms with van der Waals surface area (Å²) in [6.45, 7) is 13.8. The molecular formula is C22H31FN4O. The van der Waals surface area contributed by atoms with Gasteiger partial charge in [0.15, 0.2) is 5.69 Å². The molecule has 0 unspecified atom stereocenters. The molecule has 2 heterocycles. The van der Waals surface area contributed by atoms with Crippen molar-refractivity contribution in [1.29, 1.82) is 0 Å². The zero-order chi connectivity index (χ0) is 20.5. The molecule has 0 bridgehead atoms. The van der Waals surface area contributed by atoms with Crippen molar-refractivity contribution in [2.75, 3.05) is 26.2 Å². The fraction of sp³-hybridized carbons (Fsp3) is 0.545. The van der Waals surface area contributed by atoms with E-state index in [-0.39, 0.29) is 17.3 Å². The highest BCUT2D eigenvalue weighted by Crippen LogP contribution is 2.24. The van der Waals surface area contributed by atoms with Crippen molar-refractivity contribution in [1.82, 2.24) is 19.6 Å². The summed E-state index contributed by atoms with van der Waals surface area (Å²) in [4.78, 5) is 17.1. The third kappa shape index (κ3) is 4.43. The minimum Gasteiger partial charge on any atom is -0.335 e. The second-order valence-electron chi connectivity index (χ2n) is 8.85. The lowest BCUT2D eigenvalue weighted by Crippen LogP contribution is -2.48. The fourth-order valence-corrected chi connectivity index (χ4v) is 3.59. The first kappa shape index (κ1) is 20.5. The molecule has 0 saturated carbocycles. The van der Waals surface area contributed by atoms with Gasteiger partial charge in [0.05, 0.1) is 5.54 Å². The third-order valence-corrected chi connectivity index (χ3v) is 5.19. The van der Waals surface area contributed by atoms with E-state index in [0.29, 0.717) is 36.8 Å². The van der Waals surface area contributed by atoms with Crippen LogP contribution in [0, 0.1) is 5.82 Å². The molecule has 2 aromatic rings. The van der Waals surface area contributed by atoms with Crippen LogP contribution in [0.3, 0.4) is 0 Å². The fourth-order valence-electron chi connectivity index (χ4n) is 3.59. The summed E-state index contributed by atoms with van der Waals surface area (Å²) in [6.07, 6.45) is 0. The molecule has 3 rings (SSSR count).